The summed E-state index contributed by atoms with van der Waals surface area (Å²) in [4.78, 5) is 20.0. The summed E-state index contributed by atoms with van der Waals surface area (Å²) in [6.45, 7) is 0. The van der Waals surface area contributed by atoms with Crippen LogP contribution in [0.2, 0.25) is 0 Å². The molecule has 0 spiro atoms. The first-order chi connectivity index (χ1) is 9.35. The number of aromatic nitrogens is 7. The van der Waals surface area contributed by atoms with Crippen LogP contribution in [0, 0.1) is 0 Å². The molecule has 3 heterocycles. The molecule has 0 aliphatic rings. The maximum atomic E-state index is 4.34. The fourth-order valence-electron chi connectivity index (χ4n) is 1.39. The molecule has 2 N–H and O–H groups in total. The van der Waals surface area contributed by atoms with Crippen LogP contribution in [0.25, 0.3) is 5.95 Å². The molecular weight excluding hydrogens is 264 g/mol. The Morgan fingerprint density at radius 1 is 1.26 bits per heavy atom. The van der Waals surface area contributed by atoms with E-state index < -0.39 is 0 Å². The van der Waals surface area contributed by atoms with Gasteiger partial charge >= 0.3 is 0 Å². The van der Waals surface area contributed by atoms with Crippen LogP contribution < -0.4 is 5.32 Å². The summed E-state index contributed by atoms with van der Waals surface area (Å²) in [6, 6.07) is 1.81. The maximum absolute atomic E-state index is 4.34. The second-order valence-corrected chi connectivity index (χ2v) is 4.39. The van der Waals surface area contributed by atoms with Gasteiger partial charge in [-0.3, -0.25) is 0 Å². The summed E-state index contributed by atoms with van der Waals surface area (Å²) < 4.78 is 1.58. The Morgan fingerprint density at radius 2 is 2.21 bits per heavy atom. The van der Waals surface area contributed by atoms with Gasteiger partial charge in [0.15, 0.2) is 5.16 Å². The summed E-state index contributed by atoms with van der Waals surface area (Å²) in [6.07, 6.45) is 6.87. The van der Waals surface area contributed by atoms with E-state index in [1.54, 1.807) is 36.5 Å². The van der Waals surface area contributed by atoms with Crippen LogP contribution in [0.3, 0.4) is 0 Å². The number of imidazole rings is 1. The highest BCUT2D eigenvalue weighted by atomic mass is 32.2. The molecule has 0 aliphatic heterocycles. The molecule has 8 nitrogen and oxygen atoms in total. The number of anilines is 1. The topological polar surface area (TPSA) is 97.2 Å². The lowest BCUT2D eigenvalue weighted by Gasteiger charge is -2.05. The number of H-pyrrole nitrogens is 1. The number of hydrogen-bond donors (Lipinski definition) is 2. The zero-order chi connectivity index (χ0) is 13.1. The Hall–Kier alpha value is -2.42. The Bertz CT molecular complexity index is 648. The highest BCUT2D eigenvalue weighted by Gasteiger charge is 2.10. The number of rotatable bonds is 4. The molecule has 3 aromatic heterocycles. The van der Waals surface area contributed by atoms with Gasteiger partial charge in [0.2, 0.25) is 11.1 Å². The van der Waals surface area contributed by atoms with Gasteiger partial charge in [0, 0.05) is 31.8 Å². The largest absolute Gasteiger partial charge is 0.357 e. The molecule has 19 heavy (non-hydrogen) atoms. The summed E-state index contributed by atoms with van der Waals surface area (Å²) in [5, 5.41) is 8.27. The van der Waals surface area contributed by atoms with E-state index in [0.29, 0.717) is 17.1 Å². The number of nitrogens with one attached hydrogen (secondary N) is 2. The van der Waals surface area contributed by atoms with Crippen molar-refractivity contribution in [2.45, 2.75) is 10.3 Å². The second-order valence-electron chi connectivity index (χ2n) is 3.44. The van der Waals surface area contributed by atoms with Crippen molar-refractivity contribution in [1.29, 1.82) is 0 Å². The molecule has 0 unspecified atom stereocenters. The first-order valence-corrected chi connectivity index (χ1v) is 6.28. The van der Waals surface area contributed by atoms with E-state index in [0.717, 1.165) is 5.16 Å². The zero-order valence-electron chi connectivity index (χ0n) is 9.98. The minimum atomic E-state index is 0.457. The van der Waals surface area contributed by atoms with Crippen molar-refractivity contribution in [3.05, 3.63) is 30.9 Å². The molecule has 9 heteroatoms. The van der Waals surface area contributed by atoms with E-state index in [2.05, 4.69) is 35.3 Å². The first-order valence-electron chi connectivity index (χ1n) is 5.46. The van der Waals surface area contributed by atoms with Gasteiger partial charge in [0.05, 0.1) is 0 Å². The molecule has 96 valence electrons. The Kier molecular flexibility index (Phi) is 3.11. The molecule has 0 aliphatic carbocycles. The minimum absolute atomic E-state index is 0.457. The lowest BCUT2D eigenvalue weighted by molar-refractivity contribution is 0.761. The van der Waals surface area contributed by atoms with E-state index in [1.165, 1.54) is 11.8 Å². The van der Waals surface area contributed by atoms with Crippen molar-refractivity contribution in [2.75, 3.05) is 12.4 Å². The predicted molar refractivity (Wildman–Crippen MR) is 69.2 cm³/mol. The third-order valence-electron chi connectivity index (χ3n) is 2.20. The van der Waals surface area contributed by atoms with Crippen molar-refractivity contribution in [1.82, 2.24) is 34.7 Å². The van der Waals surface area contributed by atoms with Crippen LogP contribution in [-0.2, 0) is 0 Å². The molecule has 0 saturated heterocycles. The Labute approximate surface area is 112 Å². The molecule has 3 aromatic rings. The van der Waals surface area contributed by atoms with Gasteiger partial charge in [0.25, 0.3) is 5.95 Å². The maximum Gasteiger partial charge on any atom is 0.256 e. The monoisotopic (exact) mass is 274 g/mol. The highest BCUT2D eigenvalue weighted by Crippen LogP contribution is 2.21. The van der Waals surface area contributed by atoms with Crippen molar-refractivity contribution < 1.29 is 0 Å². The van der Waals surface area contributed by atoms with E-state index in [4.69, 9.17) is 0 Å². The lowest BCUT2D eigenvalue weighted by atomic mass is 10.7. The van der Waals surface area contributed by atoms with E-state index in [-0.39, 0.29) is 0 Å². The zero-order valence-corrected chi connectivity index (χ0v) is 10.8. The fourth-order valence-corrected chi connectivity index (χ4v) is 2.06. The smallest absolute Gasteiger partial charge is 0.256 e. The quantitative estimate of drug-likeness (QED) is 0.731. The molecule has 0 radical (unpaired) electrons. The number of nitrogens with zero attached hydrogens (tertiary/aromatic N) is 6. The molecule has 0 atom stereocenters. The van der Waals surface area contributed by atoms with Gasteiger partial charge in [-0.05, 0) is 17.8 Å². The first kappa shape index (κ1) is 11.7. The van der Waals surface area contributed by atoms with Gasteiger partial charge in [-0.2, -0.15) is 20.1 Å². The van der Waals surface area contributed by atoms with Crippen molar-refractivity contribution in [3.8, 4) is 5.95 Å². The van der Waals surface area contributed by atoms with Crippen molar-refractivity contribution in [3.63, 3.8) is 0 Å². The van der Waals surface area contributed by atoms with Crippen LogP contribution in [0.5, 0.6) is 0 Å². The third-order valence-corrected chi connectivity index (χ3v) is 2.98. The van der Waals surface area contributed by atoms with Crippen LogP contribution in [0.1, 0.15) is 0 Å². The molecule has 0 aromatic carbocycles. The molecule has 0 amide bonds. The van der Waals surface area contributed by atoms with Gasteiger partial charge in [0.1, 0.15) is 0 Å². The van der Waals surface area contributed by atoms with Gasteiger partial charge in [-0.1, -0.05) is 0 Å². The number of aromatic amines is 1. The van der Waals surface area contributed by atoms with Gasteiger partial charge < -0.3 is 10.3 Å². The summed E-state index contributed by atoms with van der Waals surface area (Å²) >= 11 is 1.33. The average Bonchev–Trinajstić information content (AvgIpc) is 3.11. The average molecular weight is 274 g/mol. The SMILES string of the molecule is CNc1nc(Sc2ncc[nH]2)nc(-n2cccn2)n1. The predicted octanol–water partition coefficient (Wildman–Crippen LogP) is 0.973. The second kappa shape index (κ2) is 5.06. The van der Waals surface area contributed by atoms with E-state index in [9.17, 15) is 0 Å². The van der Waals surface area contributed by atoms with Crippen LogP contribution >= 0.6 is 11.8 Å². The van der Waals surface area contributed by atoms with Crippen molar-refractivity contribution in [2.24, 2.45) is 0 Å². The summed E-state index contributed by atoms with van der Waals surface area (Å²) in [5.41, 5.74) is 0. The molecular formula is C10H10N8S. The van der Waals surface area contributed by atoms with Gasteiger partial charge in [-0.15, -0.1) is 0 Å². The summed E-state index contributed by atoms with van der Waals surface area (Å²) in [7, 11) is 1.75. The van der Waals surface area contributed by atoms with E-state index in [1.807, 2.05) is 6.07 Å². The standard InChI is InChI=1S/C10H10N8S/c1-11-7-15-8(18-6-2-3-14-18)17-10(16-7)19-9-12-4-5-13-9/h2-6H,1H3,(H,12,13)(H,11,15,16,17). The normalized spacial score (nSPS) is 10.6. The Morgan fingerprint density at radius 3 is 2.89 bits per heavy atom. The minimum Gasteiger partial charge on any atom is -0.357 e. The van der Waals surface area contributed by atoms with Gasteiger partial charge in [-0.25, -0.2) is 9.67 Å². The van der Waals surface area contributed by atoms with Crippen LogP contribution in [0.15, 0.2) is 41.2 Å². The van der Waals surface area contributed by atoms with Crippen LogP contribution in [0.4, 0.5) is 5.95 Å². The van der Waals surface area contributed by atoms with Crippen molar-refractivity contribution >= 4 is 17.7 Å². The highest BCUT2D eigenvalue weighted by molar-refractivity contribution is 7.99. The third kappa shape index (κ3) is 2.55. The summed E-state index contributed by atoms with van der Waals surface area (Å²) in [5.74, 6) is 0.938. The molecule has 0 saturated carbocycles. The number of hydrogen-bond acceptors (Lipinski definition) is 7. The lowest BCUT2D eigenvalue weighted by Crippen LogP contribution is -2.07. The Balaban J connectivity index is 1.98. The molecule has 0 fully saturated rings. The molecule has 3 rings (SSSR count). The van der Waals surface area contributed by atoms with E-state index >= 15 is 0 Å². The fraction of sp³-hybridized carbons (Fsp3) is 0.100. The molecule has 0 bridgehead atoms. The van der Waals surface area contributed by atoms with Crippen LogP contribution in [-0.4, -0.2) is 41.7 Å².